The predicted molar refractivity (Wildman–Crippen MR) is 93.4 cm³/mol. The third-order valence-electron chi connectivity index (χ3n) is 4.05. The van der Waals surface area contributed by atoms with E-state index >= 15 is 0 Å². The summed E-state index contributed by atoms with van der Waals surface area (Å²) in [5.41, 5.74) is 2.02. The van der Waals surface area contributed by atoms with Gasteiger partial charge in [-0.3, -0.25) is 19.2 Å². The lowest BCUT2D eigenvalue weighted by Gasteiger charge is -2.16. The number of hydrogen-bond donors (Lipinski definition) is 2. The fourth-order valence-corrected chi connectivity index (χ4v) is 2.51. The average molecular weight is 354 g/mol. The van der Waals surface area contributed by atoms with E-state index in [1.165, 1.54) is 6.92 Å². The molecule has 134 valence electrons. The number of carbonyl (C=O) groups is 4. The summed E-state index contributed by atoms with van der Waals surface area (Å²) in [5, 5.41) is 16.5. The van der Waals surface area contributed by atoms with Gasteiger partial charge >= 0.3 is 11.9 Å². The molecule has 26 heavy (non-hydrogen) atoms. The van der Waals surface area contributed by atoms with Gasteiger partial charge in [0.1, 0.15) is 0 Å². The molecule has 1 aliphatic carbocycles. The van der Waals surface area contributed by atoms with E-state index in [0.29, 0.717) is 22.3 Å². The molecular weight excluding hydrogens is 336 g/mol. The Balaban J connectivity index is 0.000000213. The van der Waals surface area contributed by atoms with Crippen molar-refractivity contribution >= 4 is 23.5 Å². The van der Waals surface area contributed by atoms with Crippen LogP contribution in [0.2, 0.25) is 0 Å². The fourth-order valence-electron chi connectivity index (χ4n) is 2.51. The topological polar surface area (TPSA) is 109 Å². The standard InChI is InChI=1S/C14H8O2.C6H10O4/c15-13-9-5-1-2-6-10(9)14(16)12-8-4-3-7-11(12)13;1-4(6(9)10)2-3-5(7)8/h1-8H;4H,2-3H2,1H3,(H,7,8)(H,9,10). The van der Waals surface area contributed by atoms with E-state index in [2.05, 4.69) is 0 Å². The van der Waals surface area contributed by atoms with Crippen LogP contribution in [0.1, 0.15) is 51.6 Å². The van der Waals surface area contributed by atoms with Crippen molar-refractivity contribution in [3.63, 3.8) is 0 Å². The summed E-state index contributed by atoms with van der Waals surface area (Å²) < 4.78 is 0. The number of rotatable bonds is 4. The number of carboxylic acid groups (broad SMARTS) is 2. The second-order valence-corrected chi connectivity index (χ2v) is 5.92. The van der Waals surface area contributed by atoms with Crippen molar-refractivity contribution in [3.05, 3.63) is 70.8 Å². The highest BCUT2D eigenvalue weighted by molar-refractivity contribution is 6.28. The minimum absolute atomic E-state index is 0.0641. The second-order valence-electron chi connectivity index (χ2n) is 5.92. The molecule has 2 N–H and O–H groups in total. The van der Waals surface area contributed by atoms with Crippen molar-refractivity contribution in [3.8, 4) is 0 Å². The molecule has 2 aromatic carbocycles. The molecule has 0 spiro atoms. The Morgan fingerprint density at radius 3 is 1.42 bits per heavy atom. The minimum Gasteiger partial charge on any atom is -0.481 e. The van der Waals surface area contributed by atoms with Gasteiger partial charge in [-0.25, -0.2) is 0 Å². The van der Waals surface area contributed by atoms with Crippen molar-refractivity contribution in [2.24, 2.45) is 5.92 Å². The molecule has 3 rings (SSSR count). The molecule has 1 unspecified atom stereocenters. The van der Waals surface area contributed by atoms with Crippen LogP contribution in [-0.4, -0.2) is 33.7 Å². The van der Waals surface area contributed by atoms with Crippen LogP contribution in [0.15, 0.2) is 48.5 Å². The number of aliphatic carboxylic acids is 2. The molecule has 0 amide bonds. The first-order chi connectivity index (χ1) is 12.3. The van der Waals surface area contributed by atoms with Crippen LogP contribution in [0.5, 0.6) is 0 Å². The summed E-state index contributed by atoms with van der Waals surface area (Å²) in [6.07, 6.45) is 0.123. The molecule has 0 saturated carbocycles. The average Bonchev–Trinajstić information content (AvgIpc) is 2.64. The first-order valence-electron chi connectivity index (χ1n) is 8.05. The minimum atomic E-state index is -0.951. The van der Waals surface area contributed by atoms with Gasteiger partial charge in [0.2, 0.25) is 0 Å². The zero-order valence-electron chi connectivity index (χ0n) is 14.1. The van der Waals surface area contributed by atoms with E-state index < -0.39 is 17.9 Å². The monoisotopic (exact) mass is 354 g/mol. The molecule has 0 bridgehead atoms. The zero-order valence-corrected chi connectivity index (χ0v) is 14.1. The van der Waals surface area contributed by atoms with Crippen molar-refractivity contribution < 1.29 is 29.4 Å². The summed E-state index contributed by atoms with van der Waals surface area (Å²) >= 11 is 0. The molecule has 6 nitrogen and oxygen atoms in total. The molecule has 0 radical (unpaired) electrons. The number of hydrogen-bond acceptors (Lipinski definition) is 4. The van der Waals surface area contributed by atoms with Gasteiger partial charge in [-0.15, -0.1) is 0 Å². The van der Waals surface area contributed by atoms with E-state index in [-0.39, 0.29) is 24.4 Å². The van der Waals surface area contributed by atoms with Crippen LogP contribution in [0.3, 0.4) is 0 Å². The van der Waals surface area contributed by atoms with E-state index in [1.54, 1.807) is 48.5 Å². The van der Waals surface area contributed by atoms with Gasteiger partial charge in [0, 0.05) is 28.7 Å². The third kappa shape index (κ3) is 4.22. The molecular formula is C20H18O6. The third-order valence-corrected chi connectivity index (χ3v) is 4.05. The Labute approximate surface area is 150 Å². The van der Waals surface area contributed by atoms with Crippen molar-refractivity contribution in [1.29, 1.82) is 0 Å². The molecule has 0 fully saturated rings. The van der Waals surface area contributed by atoms with Gasteiger partial charge in [-0.1, -0.05) is 55.5 Å². The Morgan fingerprint density at radius 2 is 1.15 bits per heavy atom. The molecule has 1 atom stereocenters. The lowest BCUT2D eigenvalue weighted by molar-refractivity contribution is -0.142. The largest absolute Gasteiger partial charge is 0.481 e. The van der Waals surface area contributed by atoms with Crippen LogP contribution in [0, 0.1) is 5.92 Å². The van der Waals surface area contributed by atoms with Gasteiger partial charge in [0.25, 0.3) is 0 Å². The Kier molecular flexibility index (Phi) is 6.01. The summed E-state index contributed by atoms with van der Waals surface area (Å²) in [4.78, 5) is 44.3. The van der Waals surface area contributed by atoms with E-state index in [0.717, 1.165) is 0 Å². The first kappa shape index (κ1) is 19.1. The van der Waals surface area contributed by atoms with E-state index in [9.17, 15) is 19.2 Å². The summed E-state index contributed by atoms with van der Waals surface area (Å²) in [5.74, 6) is -2.58. The smallest absolute Gasteiger partial charge is 0.306 e. The quantitative estimate of drug-likeness (QED) is 0.745. The normalized spacial score (nSPS) is 13.0. The Hall–Kier alpha value is -3.28. The van der Waals surface area contributed by atoms with Crippen molar-refractivity contribution in [2.75, 3.05) is 0 Å². The first-order valence-corrected chi connectivity index (χ1v) is 8.05. The SMILES string of the molecule is CC(CCC(=O)O)C(=O)O.O=C1c2ccccc2C(=O)c2ccccc21. The number of carboxylic acids is 2. The van der Waals surface area contributed by atoms with Gasteiger partial charge in [-0.05, 0) is 6.42 Å². The highest BCUT2D eigenvalue weighted by Gasteiger charge is 2.28. The Bertz CT molecular complexity index is 763. The molecule has 0 aromatic heterocycles. The summed E-state index contributed by atoms with van der Waals surface area (Å²) in [6, 6.07) is 13.9. The lowest BCUT2D eigenvalue weighted by atomic mass is 9.84. The number of fused-ring (bicyclic) bond motifs is 2. The molecule has 6 heteroatoms. The van der Waals surface area contributed by atoms with Gasteiger partial charge in [0.15, 0.2) is 11.6 Å². The highest BCUT2D eigenvalue weighted by atomic mass is 16.4. The van der Waals surface area contributed by atoms with E-state index in [1.807, 2.05) is 0 Å². The molecule has 0 heterocycles. The second kappa shape index (κ2) is 8.20. The summed E-state index contributed by atoms with van der Waals surface area (Å²) in [6.45, 7) is 1.49. The fraction of sp³-hybridized carbons (Fsp3) is 0.200. The van der Waals surface area contributed by atoms with Crippen LogP contribution < -0.4 is 0 Å². The van der Waals surface area contributed by atoms with Crippen LogP contribution in [0.4, 0.5) is 0 Å². The number of benzene rings is 2. The molecule has 1 aliphatic rings. The molecule has 2 aromatic rings. The van der Waals surface area contributed by atoms with Gasteiger partial charge < -0.3 is 10.2 Å². The van der Waals surface area contributed by atoms with Gasteiger partial charge in [-0.2, -0.15) is 0 Å². The number of ketones is 2. The number of carbonyl (C=O) groups excluding carboxylic acids is 2. The maximum absolute atomic E-state index is 12.1. The highest BCUT2D eigenvalue weighted by Crippen LogP contribution is 2.26. The van der Waals surface area contributed by atoms with Gasteiger partial charge in [0.05, 0.1) is 5.92 Å². The maximum atomic E-state index is 12.1. The van der Waals surface area contributed by atoms with Crippen LogP contribution in [0.25, 0.3) is 0 Å². The van der Waals surface area contributed by atoms with E-state index in [4.69, 9.17) is 10.2 Å². The van der Waals surface area contributed by atoms with Crippen LogP contribution >= 0.6 is 0 Å². The Morgan fingerprint density at radius 1 is 0.808 bits per heavy atom. The summed E-state index contributed by atoms with van der Waals surface area (Å²) in [7, 11) is 0. The predicted octanol–water partition coefficient (Wildman–Crippen LogP) is 3.03. The molecule has 0 aliphatic heterocycles. The maximum Gasteiger partial charge on any atom is 0.306 e. The molecule has 0 saturated heterocycles. The van der Waals surface area contributed by atoms with Crippen molar-refractivity contribution in [2.45, 2.75) is 19.8 Å². The lowest BCUT2D eigenvalue weighted by Crippen LogP contribution is -2.20. The van der Waals surface area contributed by atoms with Crippen LogP contribution in [-0.2, 0) is 9.59 Å². The zero-order chi connectivity index (χ0) is 19.3. The van der Waals surface area contributed by atoms with Crippen molar-refractivity contribution in [1.82, 2.24) is 0 Å².